The van der Waals surface area contributed by atoms with Crippen LogP contribution in [0.2, 0.25) is 0 Å². The van der Waals surface area contributed by atoms with Crippen molar-refractivity contribution < 1.29 is 5.11 Å². The van der Waals surface area contributed by atoms with E-state index in [1.54, 1.807) is 23.1 Å². The molecule has 1 nitrogen and oxygen atoms in total. The monoisotopic (exact) mass is 314 g/mol. The molecule has 1 aromatic carbocycles. The van der Waals surface area contributed by atoms with Gasteiger partial charge in [-0.15, -0.1) is 11.8 Å². The topological polar surface area (TPSA) is 20.2 Å². The average molecular weight is 315 g/mol. The third kappa shape index (κ3) is 3.10. The van der Waals surface area contributed by atoms with E-state index in [1.807, 2.05) is 29.0 Å². The van der Waals surface area contributed by atoms with Crippen molar-refractivity contribution in [1.29, 1.82) is 0 Å². The minimum absolute atomic E-state index is 0.411. The summed E-state index contributed by atoms with van der Waals surface area (Å²) in [7, 11) is 0. The second-order valence-corrected chi connectivity index (χ2v) is 6.01. The second kappa shape index (κ2) is 5.87. The van der Waals surface area contributed by atoms with E-state index >= 15 is 0 Å². The molecular formula is C12H11BrOS2. The van der Waals surface area contributed by atoms with Gasteiger partial charge in [-0.1, -0.05) is 18.2 Å². The van der Waals surface area contributed by atoms with Gasteiger partial charge in [-0.05, 0) is 33.4 Å². The van der Waals surface area contributed by atoms with Crippen molar-refractivity contribution in [3.63, 3.8) is 0 Å². The van der Waals surface area contributed by atoms with Gasteiger partial charge in [0.2, 0.25) is 0 Å². The summed E-state index contributed by atoms with van der Waals surface area (Å²) in [6, 6.07) is 10.1. The Balaban J connectivity index is 1.94. The Morgan fingerprint density at radius 3 is 2.62 bits per heavy atom. The molecule has 0 aliphatic carbocycles. The Labute approximate surface area is 112 Å². The number of halogens is 1. The van der Waals surface area contributed by atoms with Gasteiger partial charge in [0.25, 0.3) is 0 Å². The zero-order chi connectivity index (χ0) is 11.4. The zero-order valence-corrected chi connectivity index (χ0v) is 11.7. The second-order valence-electron chi connectivity index (χ2n) is 3.31. The minimum atomic E-state index is -0.411. The summed E-state index contributed by atoms with van der Waals surface area (Å²) in [6.07, 6.45) is -0.411. The molecule has 0 fully saturated rings. The van der Waals surface area contributed by atoms with Gasteiger partial charge in [-0.3, -0.25) is 0 Å². The van der Waals surface area contributed by atoms with E-state index in [0.717, 1.165) is 10.0 Å². The quantitative estimate of drug-likeness (QED) is 0.847. The van der Waals surface area contributed by atoms with Crippen LogP contribution >= 0.6 is 39.0 Å². The normalized spacial score (nSPS) is 12.6. The highest BCUT2D eigenvalue weighted by atomic mass is 79.9. The maximum Gasteiger partial charge on any atom is 0.0902 e. The summed E-state index contributed by atoms with van der Waals surface area (Å²) >= 11 is 6.70. The molecule has 2 rings (SSSR count). The van der Waals surface area contributed by atoms with Crippen LogP contribution in [0.1, 0.15) is 11.7 Å². The van der Waals surface area contributed by atoms with E-state index in [-0.39, 0.29) is 0 Å². The lowest BCUT2D eigenvalue weighted by molar-refractivity contribution is 0.204. The SMILES string of the molecule is OC(CSc1ccccc1)c1cscc1Br. The molecule has 1 unspecified atom stereocenters. The molecule has 1 aromatic heterocycles. The first-order chi connectivity index (χ1) is 7.77. The molecule has 0 bridgehead atoms. The number of thiophene rings is 1. The Morgan fingerprint density at radius 1 is 1.25 bits per heavy atom. The van der Waals surface area contributed by atoms with Gasteiger partial charge in [-0.2, -0.15) is 11.3 Å². The van der Waals surface area contributed by atoms with Crippen molar-refractivity contribution in [3.05, 3.63) is 51.1 Å². The van der Waals surface area contributed by atoms with Crippen molar-refractivity contribution in [3.8, 4) is 0 Å². The Hall–Kier alpha value is -0.290. The van der Waals surface area contributed by atoms with E-state index in [4.69, 9.17) is 0 Å². The Morgan fingerprint density at radius 2 is 2.00 bits per heavy atom. The third-order valence-electron chi connectivity index (χ3n) is 2.15. The first-order valence-electron chi connectivity index (χ1n) is 4.85. The van der Waals surface area contributed by atoms with E-state index in [1.165, 1.54) is 4.90 Å². The smallest absolute Gasteiger partial charge is 0.0902 e. The summed E-state index contributed by atoms with van der Waals surface area (Å²) in [5.41, 5.74) is 0.980. The standard InChI is InChI=1S/C12H11BrOS2/c13-11-7-15-6-10(11)12(14)8-16-9-4-2-1-3-5-9/h1-7,12,14H,8H2. The van der Waals surface area contributed by atoms with Gasteiger partial charge in [0, 0.05) is 26.1 Å². The fourth-order valence-corrected chi connectivity index (χ4v) is 3.80. The number of aliphatic hydroxyl groups excluding tert-OH is 1. The highest BCUT2D eigenvalue weighted by Gasteiger charge is 2.12. The molecule has 0 amide bonds. The van der Waals surface area contributed by atoms with Gasteiger partial charge in [0.05, 0.1) is 6.10 Å². The highest BCUT2D eigenvalue weighted by molar-refractivity contribution is 9.10. The van der Waals surface area contributed by atoms with Gasteiger partial charge >= 0.3 is 0 Å². The molecule has 1 N–H and O–H groups in total. The van der Waals surface area contributed by atoms with Crippen LogP contribution < -0.4 is 0 Å². The van der Waals surface area contributed by atoms with Crippen LogP contribution in [0.15, 0.2) is 50.5 Å². The van der Waals surface area contributed by atoms with Crippen molar-refractivity contribution in [2.45, 2.75) is 11.0 Å². The van der Waals surface area contributed by atoms with Crippen LogP contribution in [0, 0.1) is 0 Å². The summed E-state index contributed by atoms with van der Waals surface area (Å²) in [6.45, 7) is 0. The first kappa shape index (κ1) is 12.2. The number of thioether (sulfide) groups is 1. The maximum atomic E-state index is 10.0. The lowest BCUT2D eigenvalue weighted by Crippen LogP contribution is -1.99. The fraction of sp³-hybridized carbons (Fsp3) is 0.167. The summed E-state index contributed by atoms with van der Waals surface area (Å²) in [5, 5.41) is 14.0. The molecule has 4 heteroatoms. The van der Waals surface area contributed by atoms with Crippen molar-refractivity contribution in [2.75, 3.05) is 5.75 Å². The fourth-order valence-electron chi connectivity index (χ4n) is 1.31. The van der Waals surface area contributed by atoms with Gasteiger partial charge in [0.15, 0.2) is 0 Å². The van der Waals surface area contributed by atoms with E-state index in [9.17, 15) is 5.11 Å². The average Bonchev–Trinajstić information content (AvgIpc) is 2.74. The van der Waals surface area contributed by atoms with Crippen LogP contribution in [0.5, 0.6) is 0 Å². The van der Waals surface area contributed by atoms with Crippen LogP contribution in [0.4, 0.5) is 0 Å². The number of hydrogen-bond donors (Lipinski definition) is 1. The lowest BCUT2D eigenvalue weighted by Gasteiger charge is -2.09. The summed E-state index contributed by atoms with van der Waals surface area (Å²) < 4.78 is 0.999. The summed E-state index contributed by atoms with van der Waals surface area (Å²) in [5.74, 6) is 0.680. The van der Waals surface area contributed by atoms with E-state index in [2.05, 4.69) is 28.1 Å². The molecule has 2 aromatic rings. The van der Waals surface area contributed by atoms with Crippen LogP contribution in [0.3, 0.4) is 0 Å². The van der Waals surface area contributed by atoms with Crippen LogP contribution in [-0.2, 0) is 0 Å². The predicted octanol–water partition coefficient (Wildman–Crippen LogP) is 4.34. The molecule has 0 radical (unpaired) electrons. The predicted molar refractivity (Wildman–Crippen MR) is 74.1 cm³/mol. The number of aliphatic hydroxyl groups is 1. The van der Waals surface area contributed by atoms with Gasteiger partial charge in [-0.25, -0.2) is 0 Å². The Kier molecular flexibility index (Phi) is 4.46. The molecule has 0 aliphatic heterocycles. The first-order valence-corrected chi connectivity index (χ1v) is 7.57. The van der Waals surface area contributed by atoms with Crippen LogP contribution in [0.25, 0.3) is 0 Å². The van der Waals surface area contributed by atoms with Gasteiger partial charge in [0.1, 0.15) is 0 Å². The Bertz CT molecular complexity index is 441. The molecule has 1 atom stereocenters. The van der Waals surface area contributed by atoms with Crippen LogP contribution in [-0.4, -0.2) is 10.9 Å². The van der Waals surface area contributed by atoms with Gasteiger partial charge < -0.3 is 5.11 Å². The molecule has 16 heavy (non-hydrogen) atoms. The molecule has 0 saturated heterocycles. The number of rotatable bonds is 4. The van der Waals surface area contributed by atoms with Crippen molar-refractivity contribution in [1.82, 2.24) is 0 Å². The molecule has 84 valence electrons. The van der Waals surface area contributed by atoms with Crippen molar-refractivity contribution in [2.24, 2.45) is 0 Å². The lowest BCUT2D eigenvalue weighted by atomic mass is 10.2. The zero-order valence-electron chi connectivity index (χ0n) is 8.47. The number of hydrogen-bond acceptors (Lipinski definition) is 3. The van der Waals surface area contributed by atoms with Crippen molar-refractivity contribution >= 4 is 39.0 Å². The molecule has 1 heterocycles. The largest absolute Gasteiger partial charge is 0.387 e. The number of benzene rings is 1. The minimum Gasteiger partial charge on any atom is -0.387 e. The maximum absolute atomic E-state index is 10.0. The molecule has 0 spiro atoms. The molecular weight excluding hydrogens is 304 g/mol. The summed E-state index contributed by atoms with van der Waals surface area (Å²) in [4.78, 5) is 1.19. The van der Waals surface area contributed by atoms with E-state index in [0.29, 0.717) is 5.75 Å². The molecule has 0 aliphatic rings. The highest BCUT2D eigenvalue weighted by Crippen LogP contribution is 2.31. The van der Waals surface area contributed by atoms with E-state index < -0.39 is 6.10 Å². The molecule has 0 saturated carbocycles. The third-order valence-corrected chi connectivity index (χ3v) is 4.99.